The maximum atomic E-state index is 11.7. The van der Waals surface area contributed by atoms with Crippen molar-refractivity contribution in [2.24, 2.45) is 32.5 Å². The average Bonchev–Trinajstić information content (AvgIpc) is 2.61. The van der Waals surface area contributed by atoms with Crippen LogP contribution in [0.5, 0.6) is 0 Å². The molecule has 9 heteroatoms. The van der Waals surface area contributed by atoms with Crippen molar-refractivity contribution in [2.75, 3.05) is 0 Å². The van der Waals surface area contributed by atoms with Gasteiger partial charge in [-0.25, -0.2) is 0 Å². The van der Waals surface area contributed by atoms with Crippen molar-refractivity contribution in [2.45, 2.75) is 155 Å². The summed E-state index contributed by atoms with van der Waals surface area (Å²) >= 11 is 0. The van der Waals surface area contributed by atoms with E-state index in [0.717, 1.165) is 6.42 Å². The summed E-state index contributed by atoms with van der Waals surface area (Å²) in [5.41, 5.74) is -0.897. The SMILES string of the molecule is [B]C(C(=O)C(C)(C)C)C(C)(C)C.[B]C(CC(=O)C(C)(C)C)C(C)(C)C.[B]C(CC(C)(C)C)C(=O)C(C)(C)C.[U].[U].[U]. The molecule has 0 spiro atoms. The van der Waals surface area contributed by atoms with Crippen LogP contribution in [0, 0.1) is 126 Å². The fourth-order valence-electron chi connectivity index (χ4n) is 2.98. The van der Waals surface area contributed by atoms with E-state index in [1.54, 1.807) is 0 Å². The van der Waals surface area contributed by atoms with Gasteiger partial charge in [0, 0.05) is 116 Å². The zero-order valence-electron chi connectivity index (χ0n) is 30.1. The van der Waals surface area contributed by atoms with Gasteiger partial charge in [-0.1, -0.05) is 130 Å². The monoisotopic (exact) mass is 1240 g/mol. The number of ketones is 3. The summed E-state index contributed by atoms with van der Waals surface area (Å²) in [6, 6.07) is 0. The minimum Gasteiger partial charge on any atom is -0.300 e. The van der Waals surface area contributed by atoms with Crippen LogP contribution in [0.4, 0.5) is 0 Å². The van der Waals surface area contributed by atoms with Gasteiger partial charge < -0.3 is 0 Å². The number of carbonyl (C=O) groups is 3. The molecule has 0 aromatic rings. The number of hydrogen-bond acceptors (Lipinski definition) is 3. The molecule has 0 N–H and O–H groups in total. The van der Waals surface area contributed by atoms with E-state index in [4.69, 9.17) is 23.5 Å². The molecule has 0 bridgehead atoms. The van der Waals surface area contributed by atoms with Gasteiger partial charge in [0.05, 0.1) is 23.5 Å². The Labute approximate surface area is 332 Å². The Bertz CT molecular complexity index is 759. The topological polar surface area (TPSA) is 51.2 Å². The normalized spacial score (nSPS) is 14.5. The third kappa shape index (κ3) is 28.3. The fourth-order valence-corrected chi connectivity index (χ4v) is 2.98. The van der Waals surface area contributed by atoms with E-state index in [2.05, 4.69) is 41.5 Å². The molecular weight excluding hydrogens is 1180 g/mol. The molecule has 0 saturated heterocycles. The number of Topliss-reactive ketones (excluding diaryl/α,β-unsaturated/α-hetero) is 3. The van der Waals surface area contributed by atoms with Crippen LogP contribution >= 0.6 is 0 Å². The molecule has 0 heterocycles. The van der Waals surface area contributed by atoms with Crippen molar-refractivity contribution in [3.63, 3.8) is 0 Å². The number of rotatable bonds is 5. The van der Waals surface area contributed by atoms with Crippen LogP contribution in [-0.4, -0.2) is 40.9 Å². The first kappa shape index (κ1) is 55.7. The van der Waals surface area contributed by atoms with Crippen molar-refractivity contribution >= 4 is 40.9 Å². The van der Waals surface area contributed by atoms with E-state index in [0.29, 0.717) is 6.42 Å². The van der Waals surface area contributed by atoms with Gasteiger partial charge in [0.1, 0.15) is 17.3 Å². The van der Waals surface area contributed by atoms with Gasteiger partial charge in [0.15, 0.2) is 0 Å². The van der Waals surface area contributed by atoms with Gasteiger partial charge in [0.2, 0.25) is 0 Å². The summed E-state index contributed by atoms with van der Waals surface area (Å²) in [6.07, 6.45) is 1.23. The molecule has 0 aliphatic carbocycles. The molecular formula is C32H61B3O3U3. The second-order valence-electron chi connectivity index (χ2n) is 17.3. The molecule has 3 atom stereocenters. The van der Waals surface area contributed by atoms with E-state index < -0.39 is 0 Å². The van der Waals surface area contributed by atoms with Gasteiger partial charge in [-0.05, 0) is 34.3 Å². The Hall–Kier alpha value is 2.36. The molecule has 0 saturated carbocycles. The molecule has 0 aromatic heterocycles. The average molecular weight is 1240 g/mol. The molecule has 0 amide bonds. The quantitative estimate of drug-likeness (QED) is 0.260. The van der Waals surface area contributed by atoms with Crippen molar-refractivity contribution in [1.82, 2.24) is 0 Å². The molecule has 0 aliphatic heterocycles. The first-order chi connectivity index (χ1) is 16.2. The minimum absolute atomic E-state index is 0. The standard InChI is InChI=1S/2C11H21BO.C10H19BO.3U/c1-10(2,3)7-8(12)9(13)11(4,5)6;1-10(2,3)8(12)7-9(13)11(4,5)6;1-9(2,3)7(11)8(12)10(4,5)6;;;/h2*8H,7H2,1-6H3;7H,1-6H3;;;. The molecule has 0 aromatic carbocycles. The summed E-state index contributed by atoms with van der Waals surface area (Å²) in [6.45, 7) is 35.7. The summed E-state index contributed by atoms with van der Waals surface area (Å²) in [5, 5.41) is 0. The van der Waals surface area contributed by atoms with Gasteiger partial charge in [-0.2, -0.15) is 0 Å². The maximum absolute atomic E-state index is 11.7. The van der Waals surface area contributed by atoms with Gasteiger partial charge in [-0.15, -0.1) is 0 Å². The van der Waals surface area contributed by atoms with Crippen LogP contribution in [0.1, 0.15) is 137 Å². The third-order valence-corrected chi connectivity index (χ3v) is 6.22. The van der Waals surface area contributed by atoms with Gasteiger partial charge in [0.25, 0.3) is 0 Å². The zero-order chi connectivity index (χ0) is 31.9. The minimum atomic E-state index is -0.363. The van der Waals surface area contributed by atoms with E-state index in [1.807, 2.05) is 83.1 Å². The van der Waals surface area contributed by atoms with Crippen LogP contribution in [0.3, 0.4) is 0 Å². The third-order valence-electron chi connectivity index (χ3n) is 6.22. The number of carbonyl (C=O) groups excluding carboxylic acids is 3. The number of hydrogen-bond donors (Lipinski definition) is 0. The van der Waals surface area contributed by atoms with Gasteiger partial charge >= 0.3 is 0 Å². The predicted octanol–water partition coefficient (Wildman–Crippen LogP) is 8.59. The molecule has 0 fully saturated rings. The van der Waals surface area contributed by atoms with E-state index >= 15 is 0 Å². The van der Waals surface area contributed by atoms with Crippen molar-refractivity contribution in [3.05, 3.63) is 0 Å². The first-order valence-corrected chi connectivity index (χ1v) is 14.0. The Kier molecular flexibility index (Phi) is 28.9. The molecule has 0 aliphatic rings. The first-order valence-electron chi connectivity index (χ1n) is 14.0. The summed E-state index contributed by atoms with van der Waals surface area (Å²) < 4.78 is 0. The predicted molar refractivity (Wildman–Crippen MR) is 169 cm³/mol. The van der Waals surface area contributed by atoms with Crippen molar-refractivity contribution in [1.29, 1.82) is 0 Å². The van der Waals surface area contributed by atoms with E-state index in [-0.39, 0.29) is 161 Å². The van der Waals surface area contributed by atoms with E-state index in [9.17, 15) is 14.4 Å². The molecule has 6 radical (unpaired) electrons. The van der Waals surface area contributed by atoms with Crippen LogP contribution in [0.15, 0.2) is 0 Å². The Morgan fingerprint density at radius 2 is 0.829 bits per heavy atom. The van der Waals surface area contributed by atoms with Crippen molar-refractivity contribution in [3.8, 4) is 0 Å². The zero-order valence-corrected chi connectivity index (χ0v) is 42.6. The second-order valence-corrected chi connectivity index (χ2v) is 17.3. The largest absolute Gasteiger partial charge is 0.300 e. The molecule has 228 valence electrons. The fraction of sp³-hybridized carbons (Fsp3) is 0.906. The van der Waals surface area contributed by atoms with Crippen LogP contribution in [0.2, 0.25) is 17.5 Å². The van der Waals surface area contributed by atoms with Crippen molar-refractivity contribution < 1.29 is 108 Å². The molecule has 3 unspecified atom stereocenters. The summed E-state index contributed by atoms with van der Waals surface area (Å²) in [4.78, 5) is 35.0. The Morgan fingerprint density at radius 1 is 0.512 bits per heavy atom. The smallest absolute Gasteiger partial charge is 0.137 e. The molecule has 0 rings (SSSR count). The molecule has 3 nitrogen and oxygen atoms in total. The van der Waals surface area contributed by atoms with Crippen LogP contribution in [0.25, 0.3) is 0 Å². The molecule has 41 heavy (non-hydrogen) atoms. The van der Waals surface area contributed by atoms with E-state index in [1.165, 1.54) is 0 Å². The Balaban J connectivity index is -0.000000108. The van der Waals surface area contributed by atoms with Crippen LogP contribution in [-0.2, 0) is 14.4 Å². The van der Waals surface area contributed by atoms with Crippen LogP contribution < -0.4 is 0 Å². The summed E-state index contributed by atoms with van der Waals surface area (Å²) in [5.74, 6) is -0.191. The summed E-state index contributed by atoms with van der Waals surface area (Å²) in [7, 11) is 17.6. The van der Waals surface area contributed by atoms with Gasteiger partial charge in [-0.3, -0.25) is 14.4 Å². The second kappa shape index (κ2) is 21.3. The maximum Gasteiger partial charge on any atom is 0.137 e. The Morgan fingerprint density at radius 3 is 1.00 bits per heavy atom.